The molecular weight excluding hydrogens is 312 g/mol. The number of aromatic nitrogens is 2. The highest BCUT2D eigenvalue weighted by atomic mass is 35.5. The van der Waals surface area contributed by atoms with E-state index in [1.54, 1.807) is 12.4 Å². The molecule has 0 spiro atoms. The number of rotatable bonds is 5. The lowest BCUT2D eigenvalue weighted by Crippen LogP contribution is -2.41. The molecule has 6 heteroatoms. The normalized spacial score (nSPS) is 17.0. The zero-order valence-electron chi connectivity index (χ0n) is 13.2. The number of anilines is 1. The van der Waals surface area contributed by atoms with Crippen molar-refractivity contribution in [2.24, 2.45) is 0 Å². The minimum absolute atomic E-state index is 0.249. The van der Waals surface area contributed by atoms with Crippen LogP contribution in [0.4, 0.5) is 5.82 Å². The second-order valence-electron chi connectivity index (χ2n) is 5.64. The van der Waals surface area contributed by atoms with Gasteiger partial charge < -0.3 is 10.1 Å². The van der Waals surface area contributed by atoms with Crippen LogP contribution in [0.3, 0.4) is 0 Å². The molecule has 2 aromatic rings. The van der Waals surface area contributed by atoms with Crippen LogP contribution in [0.1, 0.15) is 17.3 Å². The van der Waals surface area contributed by atoms with E-state index >= 15 is 0 Å². The molecule has 1 fully saturated rings. The summed E-state index contributed by atoms with van der Waals surface area (Å²) in [6.45, 7) is 6.10. The molecule has 0 bridgehead atoms. The molecule has 1 aromatic heterocycles. The lowest BCUT2D eigenvalue weighted by Gasteiger charge is -2.35. The summed E-state index contributed by atoms with van der Waals surface area (Å²) in [4.78, 5) is 11.1. The third-order valence-electron chi connectivity index (χ3n) is 3.97. The number of hydrogen-bond acceptors (Lipinski definition) is 5. The van der Waals surface area contributed by atoms with E-state index < -0.39 is 0 Å². The van der Waals surface area contributed by atoms with Crippen molar-refractivity contribution < 1.29 is 4.74 Å². The van der Waals surface area contributed by atoms with Gasteiger partial charge in [0.1, 0.15) is 5.82 Å². The highest BCUT2D eigenvalue weighted by Crippen LogP contribution is 2.24. The number of benzene rings is 1. The molecule has 0 aliphatic carbocycles. The number of hydrogen-bond donors (Lipinski definition) is 1. The van der Waals surface area contributed by atoms with Crippen LogP contribution in [0.2, 0.25) is 5.02 Å². The molecule has 1 N–H and O–H groups in total. The quantitative estimate of drug-likeness (QED) is 0.912. The summed E-state index contributed by atoms with van der Waals surface area (Å²) in [6, 6.07) is 8.31. The first-order valence-corrected chi connectivity index (χ1v) is 8.20. The number of nitrogens with zero attached hydrogens (tertiary/aromatic N) is 3. The fraction of sp³-hybridized carbons (Fsp3) is 0.412. The molecule has 3 rings (SSSR count). The Hall–Kier alpha value is -1.69. The summed E-state index contributed by atoms with van der Waals surface area (Å²) in [7, 11) is 0. The lowest BCUT2D eigenvalue weighted by atomic mass is 10.0. The zero-order valence-corrected chi connectivity index (χ0v) is 14.0. The first-order valence-electron chi connectivity index (χ1n) is 7.82. The molecule has 0 amide bonds. The van der Waals surface area contributed by atoms with Gasteiger partial charge in [0.15, 0.2) is 0 Å². The monoisotopic (exact) mass is 332 g/mol. The molecule has 1 saturated heterocycles. The van der Waals surface area contributed by atoms with Gasteiger partial charge in [-0.1, -0.05) is 23.7 Å². The molecule has 0 saturated carbocycles. The standard InChI is InChI=1S/C17H21ClN4O/c1-13-10-19-12-17(21-13)20-11-16(22-6-8-23-9-7-22)14-2-4-15(18)5-3-14/h2-5,10,12,16H,6-9,11H2,1H3,(H,20,21). The second kappa shape index (κ2) is 7.73. The molecule has 5 nitrogen and oxygen atoms in total. The van der Waals surface area contributed by atoms with E-state index in [2.05, 4.69) is 32.3 Å². The third kappa shape index (κ3) is 4.41. The number of halogens is 1. The van der Waals surface area contributed by atoms with Gasteiger partial charge in [-0.3, -0.25) is 9.88 Å². The minimum Gasteiger partial charge on any atom is -0.379 e. The summed E-state index contributed by atoms with van der Waals surface area (Å²) in [6.07, 6.45) is 3.51. The van der Waals surface area contributed by atoms with Gasteiger partial charge in [-0.15, -0.1) is 0 Å². The van der Waals surface area contributed by atoms with Gasteiger partial charge in [0, 0.05) is 30.9 Å². The molecule has 23 heavy (non-hydrogen) atoms. The zero-order chi connectivity index (χ0) is 16.1. The number of morpholine rings is 1. The van der Waals surface area contributed by atoms with E-state index in [0.29, 0.717) is 0 Å². The Morgan fingerprint density at radius 3 is 2.65 bits per heavy atom. The van der Waals surface area contributed by atoms with Gasteiger partial charge in [0.2, 0.25) is 0 Å². The molecule has 1 aliphatic heterocycles. The van der Waals surface area contributed by atoms with Crippen LogP contribution >= 0.6 is 11.6 Å². The fourth-order valence-electron chi connectivity index (χ4n) is 2.78. The lowest BCUT2D eigenvalue weighted by molar-refractivity contribution is 0.0187. The van der Waals surface area contributed by atoms with Crippen molar-refractivity contribution in [3.05, 3.63) is 52.9 Å². The van der Waals surface area contributed by atoms with Crippen molar-refractivity contribution in [2.75, 3.05) is 38.2 Å². The van der Waals surface area contributed by atoms with Gasteiger partial charge in [0.25, 0.3) is 0 Å². The molecule has 2 heterocycles. The first kappa shape index (κ1) is 16.2. The van der Waals surface area contributed by atoms with E-state index in [0.717, 1.165) is 49.4 Å². The summed E-state index contributed by atoms with van der Waals surface area (Å²) in [5, 5.41) is 4.16. The van der Waals surface area contributed by atoms with Crippen molar-refractivity contribution in [3.63, 3.8) is 0 Å². The van der Waals surface area contributed by atoms with Crippen molar-refractivity contribution in [1.82, 2.24) is 14.9 Å². The van der Waals surface area contributed by atoms with Gasteiger partial charge in [-0.2, -0.15) is 0 Å². The van der Waals surface area contributed by atoms with Crippen LogP contribution in [-0.4, -0.2) is 47.7 Å². The Morgan fingerprint density at radius 1 is 1.22 bits per heavy atom. The van der Waals surface area contributed by atoms with Crippen molar-refractivity contribution in [3.8, 4) is 0 Å². The van der Waals surface area contributed by atoms with Gasteiger partial charge in [-0.25, -0.2) is 4.98 Å². The Morgan fingerprint density at radius 2 is 1.96 bits per heavy atom. The Labute approximate surface area is 141 Å². The smallest absolute Gasteiger partial charge is 0.144 e. The summed E-state index contributed by atoms with van der Waals surface area (Å²) in [5.41, 5.74) is 2.15. The van der Waals surface area contributed by atoms with E-state index in [9.17, 15) is 0 Å². The minimum atomic E-state index is 0.249. The number of ether oxygens (including phenoxy) is 1. The summed E-state index contributed by atoms with van der Waals surface area (Å²) >= 11 is 6.03. The Kier molecular flexibility index (Phi) is 5.43. The molecule has 1 atom stereocenters. The van der Waals surface area contributed by atoms with E-state index in [1.165, 1.54) is 5.56 Å². The first-order chi connectivity index (χ1) is 11.2. The molecule has 0 radical (unpaired) electrons. The predicted octanol–water partition coefficient (Wildman–Crippen LogP) is 2.92. The van der Waals surface area contributed by atoms with Gasteiger partial charge in [0.05, 0.1) is 31.1 Å². The average molecular weight is 333 g/mol. The molecular formula is C17H21ClN4O. The second-order valence-corrected chi connectivity index (χ2v) is 6.08. The van der Waals surface area contributed by atoms with Crippen LogP contribution in [0, 0.1) is 6.92 Å². The van der Waals surface area contributed by atoms with Crippen LogP contribution in [-0.2, 0) is 4.74 Å². The SMILES string of the molecule is Cc1cncc(NCC(c2ccc(Cl)cc2)N2CCOCC2)n1. The summed E-state index contributed by atoms with van der Waals surface area (Å²) in [5.74, 6) is 0.803. The van der Waals surface area contributed by atoms with Crippen LogP contribution in [0.25, 0.3) is 0 Å². The Bertz CT molecular complexity index is 629. The molecule has 122 valence electrons. The largest absolute Gasteiger partial charge is 0.379 e. The highest BCUT2D eigenvalue weighted by molar-refractivity contribution is 6.30. The highest BCUT2D eigenvalue weighted by Gasteiger charge is 2.22. The maximum absolute atomic E-state index is 6.03. The topological polar surface area (TPSA) is 50.3 Å². The van der Waals surface area contributed by atoms with Gasteiger partial charge >= 0.3 is 0 Å². The molecule has 1 unspecified atom stereocenters. The Balaban J connectivity index is 1.75. The third-order valence-corrected chi connectivity index (χ3v) is 4.22. The van der Waals surface area contributed by atoms with Crippen molar-refractivity contribution in [1.29, 1.82) is 0 Å². The number of aryl methyl sites for hydroxylation is 1. The average Bonchev–Trinajstić information content (AvgIpc) is 2.58. The maximum Gasteiger partial charge on any atom is 0.144 e. The predicted molar refractivity (Wildman–Crippen MR) is 91.8 cm³/mol. The van der Waals surface area contributed by atoms with Crippen LogP contribution < -0.4 is 5.32 Å². The van der Waals surface area contributed by atoms with E-state index in [4.69, 9.17) is 16.3 Å². The van der Waals surface area contributed by atoms with Crippen LogP contribution in [0.15, 0.2) is 36.7 Å². The van der Waals surface area contributed by atoms with Gasteiger partial charge in [-0.05, 0) is 24.6 Å². The van der Waals surface area contributed by atoms with Crippen molar-refractivity contribution >= 4 is 17.4 Å². The van der Waals surface area contributed by atoms with E-state index in [1.807, 2.05) is 19.1 Å². The fourth-order valence-corrected chi connectivity index (χ4v) is 2.91. The van der Waals surface area contributed by atoms with Crippen LogP contribution in [0.5, 0.6) is 0 Å². The molecule has 1 aliphatic rings. The maximum atomic E-state index is 6.03. The van der Waals surface area contributed by atoms with Crippen molar-refractivity contribution in [2.45, 2.75) is 13.0 Å². The number of nitrogens with one attached hydrogen (secondary N) is 1. The molecule has 1 aromatic carbocycles. The summed E-state index contributed by atoms with van der Waals surface area (Å²) < 4.78 is 5.48. The van der Waals surface area contributed by atoms with E-state index in [-0.39, 0.29) is 6.04 Å².